The van der Waals surface area contributed by atoms with Crippen molar-refractivity contribution in [1.82, 2.24) is 4.31 Å². The average Bonchev–Trinajstić information content (AvgIpc) is 2.53. The molecule has 0 aliphatic rings. The smallest absolute Gasteiger partial charge is 0.315 e. The summed E-state index contributed by atoms with van der Waals surface area (Å²) >= 11 is 1.14. The molecule has 1 aromatic rings. The van der Waals surface area contributed by atoms with Crippen molar-refractivity contribution in [3.63, 3.8) is 0 Å². The zero-order valence-electron chi connectivity index (χ0n) is 14.3. The van der Waals surface area contributed by atoms with Gasteiger partial charge in [-0.25, -0.2) is 12.7 Å². The highest BCUT2D eigenvalue weighted by molar-refractivity contribution is 8.01. The van der Waals surface area contributed by atoms with Gasteiger partial charge in [-0.15, -0.1) is 11.8 Å². The minimum atomic E-state index is -3.58. The number of nitrogens with one attached hydrogen (secondary N) is 1. The summed E-state index contributed by atoms with van der Waals surface area (Å²) < 4.78 is 30.0. The molecule has 0 bridgehead atoms. The van der Waals surface area contributed by atoms with Gasteiger partial charge in [0, 0.05) is 19.8 Å². The summed E-state index contributed by atoms with van der Waals surface area (Å²) in [5.41, 5.74) is 1.17. The van der Waals surface area contributed by atoms with Crippen LogP contribution in [0.5, 0.6) is 0 Å². The SMILES string of the molecule is COC(=O)CSC(C)C(=O)Nc1cc(S(=O)(=O)N(C)C)ccc1C. The average molecular weight is 374 g/mol. The molecule has 1 unspecified atom stereocenters. The molecule has 1 rings (SSSR count). The molecule has 1 N–H and O–H groups in total. The maximum absolute atomic E-state index is 12.2. The van der Waals surface area contributed by atoms with Gasteiger partial charge in [0.25, 0.3) is 0 Å². The van der Waals surface area contributed by atoms with Crippen molar-refractivity contribution in [3.8, 4) is 0 Å². The number of esters is 1. The predicted molar refractivity (Wildman–Crippen MR) is 94.6 cm³/mol. The second kappa shape index (κ2) is 8.50. The normalized spacial score (nSPS) is 12.8. The standard InChI is InChI=1S/C15H22N2O5S2/c1-10-6-7-12(24(20,21)17(3)4)8-13(10)16-15(19)11(2)23-9-14(18)22-5/h6-8,11H,9H2,1-5H3,(H,16,19). The Hall–Kier alpha value is -1.58. The van der Waals surface area contributed by atoms with E-state index >= 15 is 0 Å². The molecule has 0 aromatic heterocycles. The molecule has 1 aromatic carbocycles. The van der Waals surface area contributed by atoms with E-state index in [1.807, 2.05) is 0 Å². The maximum Gasteiger partial charge on any atom is 0.315 e. The number of carbonyl (C=O) groups is 2. The summed E-state index contributed by atoms with van der Waals surface area (Å²) in [6.07, 6.45) is 0. The van der Waals surface area contributed by atoms with Crippen molar-refractivity contribution >= 4 is 39.3 Å². The van der Waals surface area contributed by atoms with Crippen LogP contribution in [0.15, 0.2) is 23.1 Å². The third-order valence-electron chi connectivity index (χ3n) is 3.29. The van der Waals surface area contributed by atoms with E-state index in [-0.39, 0.29) is 16.6 Å². The van der Waals surface area contributed by atoms with Gasteiger partial charge in [0.15, 0.2) is 0 Å². The topological polar surface area (TPSA) is 92.8 Å². The lowest BCUT2D eigenvalue weighted by molar-refractivity contribution is -0.137. The molecule has 24 heavy (non-hydrogen) atoms. The summed E-state index contributed by atoms with van der Waals surface area (Å²) in [6.45, 7) is 3.44. The van der Waals surface area contributed by atoms with Crippen LogP contribution in [0.2, 0.25) is 0 Å². The maximum atomic E-state index is 12.2. The minimum absolute atomic E-state index is 0.0686. The van der Waals surface area contributed by atoms with Crippen LogP contribution in [-0.2, 0) is 24.3 Å². The van der Waals surface area contributed by atoms with Gasteiger partial charge in [0.1, 0.15) is 0 Å². The van der Waals surface area contributed by atoms with Crippen molar-refractivity contribution in [2.45, 2.75) is 24.0 Å². The van der Waals surface area contributed by atoms with Crippen molar-refractivity contribution in [3.05, 3.63) is 23.8 Å². The zero-order chi connectivity index (χ0) is 18.5. The Morgan fingerprint density at radius 1 is 1.33 bits per heavy atom. The number of sulfonamides is 1. The molecule has 0 fully saturated rings. The van der Waals surface area contributed by atoms with Crippen LogP contribution in [-0.4, -0.2) is 56.8 Å². The van der Waals surface area contributed by atoms with Crippen LogP contribution < -0.4 is 5.32 Å². The Bertz CT molecular complexity index is 717. The lowest BCUT2D eigenvalue weighted by atomic mass is 10.2. The predicted octanol–water partition coefficient (Wildman–Crippen LogP) is 1.48. The zero-order valence-corrected chi connectivity index (χ0v) is 16.0. The number of amides is 1. The second-order valence-electron chi connectivity index (χ2n) is 5.28. The quantitative estimate of drug-likeness (QED) is 0.727. The number of rotatable bonds is 7. The van der Waals surface area contributed by atoms with Crippen molar-refractivity contribution < 1.29 is 22.7 Å². The fourth-order valence-electron chi connectivity index (χ4n) is 1.67. The third-order valence-corrected chi connectivity index (χ3v) is 6.22. The molecule has 0 radical (unpaired) electrons. The van der Waals surface area contributed by atoms with Crippen LogP contribution in [0.4, 0.5) is 5.69 Å². The number of benzene rings is 1. The first-order valence-corrected chi connectivity index (χ1v) is 9.61. The van der Waals surface area contributed by atoms with Crippen LogP contribution >= 0.6 is 11.8 Å². The first kappa shape index (κ1) is 20.5. The molecule has 1 amide bonds. The summed E-state index contributed by atoms with van der Waals surface area (Å²) in [5, 5.41) is 2.22. The van der Waals surface area contributed by atoms with Gasteiger partial charge in [-0.05, 0) is 31.5 Å². The van der Waals surface area contributed by atoms with Gasteiger partial charge in [0.05, 0.1) is 23.0 Å². The Kier molecular flexibility index (Phi) is 7.25. The number of hydrogen-bond acceptors (Lipinski definition) is 6. The van der Waals surface area contributed by atoms with E-state index < -0.39 is 21.2 Å². The van der Waals surface area contributed by atoms with Gasteiger partial charge < -0.3 is 10.1 Å². The molecule has 0 spiro atoms. The van der Waals surface area contributed by atoms with Gasteiger partial charge in [-0.3, -0.25) is 9.59 Å². The number of thioether (sulfide) groups is 1. The van der Waals surface area contributed by atoms with E-state index in [1.54, 1.807) is 19.9 Å². The summed E-state index contributed by atoms with van der Waals surface area (Å²) in [4.78, 5) is 23.4. The molecular weight excluding hydrogens is 352 g/mol. The summed E-state index contributed by atoms with van der Waals surface area (Å²) in [6, 6.07) is 4.56. The monoisotopic (exact) mass is 374 g/mol. The molecule has 0 aliphatic carbocycles. The van der Waals surface area contributed by atoms with Crippen molar-refractivity contribution in [2.75, 3.05) is 32.3 Å². The van der Waals surface area contributed by atoms with Gasteiger partial charge >= 0.3 is 5.97 Å². The van der Waals surface area contributed by atoms with Crippen molar-refractivity contribution in [1.29, 1.82) is 0 Å². The van der Waals surface area contributed by atoms with Gasteiger partial charge in [0.2, 0.25) is 15.9 Å². The molecule has 0 aliphatic heterocycles. The molecular formula is C15H22N2O5S2. The van der Waals surface area contributed by atoms with Gasteiger partial charge in [-0.2, -0.15) is 0 Å². The lowest BCUT2D eigenvalue weighted by Gasteiger charge is -2.16. The fourth-order valence-corrected chi connectivity index (χ4v) is 3.31. The molecule has 7 nitrogen and oxygen atoms in total. The fraction of sp³-hybridized carbons (Fsp3) is 0.467. The number of aryl methyl sites for hydroxylation is 1. The number of methoxy groups -OCH3 is 1. The lowest BCUT2D eigenvalue weighted by Crippen LogP contribution is -2.25. The van der Waals surface area contributed by atoms with Crippen molar-refractivity contribution in [2.24, 2.45) is 0 Å². The van der Waals surface area contributed by atoms with Crippen LogP contribution in [0, 0.1) is 6.92 Å². The number of hydrogen-bond donors (Lipinski definition) is 1. The molecule has 9 heteroatoms. The third kappa shape index (κ3) is 5.22. The molecule has 0 saturated heterocycles. The highest BCUT2D eigenvalue weighted by Gasteiger charge is 2.20. The first-order chi connectivity index (χ1) is 11.1. The second-order valence-corrected chi connectivity index (χ2v) is 8.76. The Balaban J connectivity index is 2.91. The molecule has 0 heterocycles. The highest BCUT2D eigenvalue weighted by Crippen LogP contribution is 2.23. The largest absolute Gasteiger partial charge is 0.468 e. The highest BCUT2D eigenvalue weighted by atomic mass is 32.2. The minimum Gasteiger partial charge on any atom is -0.468 e. The van der Waals surface area contributed by atoms with Crippen LogP contribution in [0.1, 0.15) is 12.5 Å². The Labute approximate surface area is 146 Å². The number of anilines is 1. The van der Waals surface area contributed by atoms with E-state index in [0.29, 0.717) is 5.69 Å². The molecule has 0 saturated carbocycles. The number of carbonyl (C=O) groups excluding carboxylic acids is 2. The summed E-state index contributed by atoms with van der Waals surface area (Å²) in [7, 11) is 0.591. The van der Waals surface area contributed by atoms with Crippen LogP contribution in [0.3, 0.4) is 0 Å². The Morgan fingerprint density at radius 3 is 2.50 bits per heavy atom. The van der Waals surface area contributed by atoms with Crippen LogP contribution in [0.25, 0.3) is 0 Å². The van der Waals surface area contributed by atoms with E-state index in [0.717, 1.165) is 21.6 Å². The van der Waals surface area contributed by atoms with Gasteiger partial charge in [-0.1, -0.05) is 6.07 Å². The summed E-state index contributed by atoms with van der Waals surface area (Å²) in [5.74, 6) is -0.652. The van der Waals surface area contributed by atoms with E-state index in [9.17, 15) is 18.0 Å². The number of nitrogens with zero attached hydrogens (tertiary/aromatic N) is 1. The molecule has 1 atom stereocenters. The first-order valence-electron chi connectivity index (χ1n) is 7.12. The Morgan fingerprint density at radius 2 is 1.96 bits per heavy atom. The van der Waals surface area contributed by atoms with E-state index in [1.165, 1.54) is 33.3 Å². The van der Waals surface area contributed by atoms with E-state index in [4.69, 9.17) is 0 Å². The van der Waals surface area contributed by atoms with E-state index in [2.05, 4.69) is 10.1 Å². The molecule has 134 valence electrons. The number of ether oxygens (including phenoxy) is 1.